The molecular weight excluding hydrogens is 458 g/mol. The predicted molar refractivity (Wildman–Crippen MR) is 124 cm³/mol. The monoisotopic (exact) mass is 479 g/mol. The van der Waals surface area contributed by atoms with Gasteiger partial charge in [0.15, 0.2) is 11.5 Å². The Morgan fingerprint density at radius 2 is 2.09 bits per heavy atom. The summed E-state index contributed by atoms with van der Waals surface area (Å²) < 4.78 is 17.1. The van der Waals surface area contributed by atoms with Crippen LogP contribution in [0.4, 0.5) is 17.1 Å². The Morgan fingerprint density at radius 3 is 2.86 bits per heavy atom. The van der Waals surface area contributed by atoms with E-state index in [-0.39, 0.29) is 29.6 Å². The van der Waals surface area contributed by atoms with Gasteiger partial charge < -0.3 is 14.2 Å². The summed E-state index contributed by atoms with van der Waals surface area (Å²) >= 11 is 0. The van der Waals surface area contributed by atoms with Gasteiger partial charge in [-0.2, -0.15) is 5.10 Å². The highest BCUT2D eigenvalue weighted by atomic mass is 16.7. The van der Waals surface area contributed by atoms with Crippen molar-refractivity contribution in [1.29, 1.82) is 0 Å². The second kappa shape index (κ2) is 7.67. The largest absolute Gasteiger partial charge is 0.492 e. The van der Waals surface area contributed by atoms with Crippen LogP contribution in [0.1, 0.15) is 24.0 Å². The fraction of sp³-hybridized carbons (Fsp3) is 0.348. The van der Waals surface area contributed by atoms with Gasteiger partial charge in [-0.25, -0.2) is 0 Å². The molecule has 0 spiro atoms. The fourth-order valence-corrected chi connectivity index (χ4v) is 5.72. The van der Waals surface area contributed by atoms with Crippen LogP contribution in [0.3, 0.4) is 0 Å². The number of nitro benzene ring substituents is 2. The summed E-state index contributed by atoms with van der Waals surface area (Å²) in [6.07, 6.45) is 5.68. The average molecular weight is 479 g/mol. The summed E-state index contributed by atoms with van der Waals surface area (Å²) in [5, 5.41) is 26.8. The van der Waals surface area contributed by atoms with E-state index in [0.29, 0.717) is 24.5 Å². The van der Waals surface area contributed by atoms with E-state index in [1.807, 2.05) is 6.08 Å². The van der Waals surface area contributed by atoms with Gasteiger partial charge in [-0.05, 0) is 30.2 Å². The lowest BCUT2D eigenvalue weighted by Gasteiger charge is -2.44. The van der Waals surface area contributed by atoms with Crippen molar-refractivity contribution < 1.29 is 24.1 Å². The number of hydrogen-bond acceptors (Lipinski definition) is 10. The molecule has 3 atom stereocenters. The van der Waals surface area contributed by atoms with Crippen molar-refractivity contribution in [3.63, 3.8) is 0 Å². The number of ether oxygens (including phenoxy) is 3. The Hall–Kier alpha value is -4.19. The van der Waals surface area contributed by atoms with E-state index < -0.39 is 15.5 Å². The molecule has 0 saturated carbocycles. The average Bonchev–Trinajstić information content (AvgIpc) is 3.43. The Kier molecular flexibility index (Phi) is 4.68. The van der Waals surface area contributed by atoms with Gasteiger partial charge in [0, 0.05) is 42.6 Å². The lowest BCUT2D eigenvalue weighted by Crippen LogP contribution is -2.48. The highest BCUT2D eigenvalue weighted by molar-refractivity contribution is 5.98. The van der Waals surface area contributed by atoms with Gasteiger partial charge in [0.05, 0.1) is 28.7 Å². The second-order valence-electron chi connectivity index (χ2n) is 8.91. The lowest BCUT2D eigenvalue weighted by atomic mass is 9.66. The molecule has 4 aliphatic rings. The maximum Gasteiger partial charge on any atom is 0.301 e. The van der Waals surface area contributed by atoms with Crippen LogP contribution in [0.25, 0.3) is 0 Å². The highest BCUT2D eigenvalue weighted by Gasteiger charge is 2.54. The first-order valence-corrected chi connectivity index (χ1v) is 11.1. The molecule has 2 aromatic carbocycles. The first-order chi connectivity index (χ1) is 16.9. The molecule has 1 fully saturated rings. The zero-order valence-electron chi connectivity index (χ0n) is 18.7. The Balaban J connectivity index is 1.34. The number of nitro groups is 2. The summed E-state index contributed by atoms with van der Waals surface area (Å²) in [6.45, 7) is 1.79. The Bertz CT molecular complexity index is 1340. The minimum atomic E-state index is -0.668. The molecule has 1 saturated heterocycles. The Morgan fingerprint density at radius 1 is 1.23 bits per heavy atom. The number of anilines is 1. The smallest absolute Gasteiger partial charge is 0.301 e. The van der Waals surface area contributed by atoms with Gasteiger partial charge in [0.2, 0.25) is 12.5 Å². The van der Waals surface area contributed by atoms with Crippen molar-refractivity contribution in [2.75, 3.05) is 25.9 Å². The van der Waals surface area contributed by atoms with Gasteiger partial charge in [-0.3, -0.25) is 30.6 Å². The number of nitrogens with zero attached hydrogens (tertiary/aromatic N) is 4. The first-order valence-electron chi connectivity index (χ1n) is 11.1. The van der Waals surface area contributed by atoms with Gasteiger partial charge in [0.1, 0.15) is 5.69 Å². The predicted octanol–water partition coefficient (Wildman–Crippen LogP) is 3.49. The van der Waals surface area contributed by atoms with E-state index >= 15 is 0 Å². The summed E-state index contributed by atoms with van der Waals surface area (Å²) in [6, 6.07) is 5.67. The summed E-state index contributed by atoms with van der Waals surface area (Å²) in [5.74, 6) is 2.06. The van der Waals surface area contributed by atoms with Gasteiger partial charge in [-0.1, -0.05) is 6.08 Å². The van der Waals surface area contributed by atoms with Crippen LogP contribution >= 0.6 is 0 Å². The molecule has 1 unspecified atom stereocenters. The van der Waals surface area contributed by atoms with Gasteiger partial charge in [0.25, 0.3) is 5.69 Å². The minimum absolute atomic E-state index is 0.0940. The highest BCUT2D eigenvalue weighted by Crippen LogP contribution is 2.56. The third kappa shape index (κ3) is 3.13. The second-order valence-corrected chi connectivity index (χ2v) is 8.91. The third-order valence-electron chi connectivity index (χ3n) is 7.32. The standard InChI is InChI=1S/C23H21N5O7/c1-33-21-15-11-26-7-6-23(16(15)10-19-22(21)35-12-34-19)5-4-13(8-20(23)26)24-25-17-3-2-14(27(29)30)9-18(17)28(31)32/h2-5,9-10,20,25H,6-8,11-12H2,1H3/b24-13+/t20-,23-/m1/s1. The molecule has 3 aliphatic heterocycles. The topological polar surface area (TPSA) is 142 Å². The fourth-order valence-electron chi connectivity index (χ4n) is 5.72. The summed E-state index contributed by atoms with van der Waals surface area (Å²) in [4.78, 5) is 23.5. The lowest BCUT2D eigenvalue weighted by molar-refractivity contribution is -0.393. The number of hydrazone groups is 1. The molecule has 3 heterocycles. The van der Waals surface area contributed by atoms with Crippen molar-refractivity contribution in [2.24, 2.45) is 5.10 Å². The molecule has 0 amide bonds. The number of benzene rings is 2. The minimum Gasteiger partial charge on any atom is -0.492 e. The van der Waals surface area contributed by atoms with E-state index in [4.69, 9.17) is 14.2 Å². The zero-order valence-corrected chi connectivity index (χ0v) is 18.7. The zero-order chi connectivity index (χ0) is 24.3. The number of nitrogens with one attached hydrogen (secondary N) is 1. The molecular formula is C23H21N5O7. The first kappa shape index (κ1) is 21.4. The van der Waals surface area contributed by atoms with Crippen molar-refractivity contribution in [3.05, 3.63) is 67.8 Å². The van der Waals surface area contributed by atoms with Crippen LogP contribution in [-0.2, 0) is 12.0 Å². The molecule has 2 aromatic rings. The van der Waals surface area contributed by atoms with Crippen LogP contribution in [0.5, 0.6) is 17.2 Å². The molecule has 180 valence electrons. The third-order valence-corrected chi connectivity index (χ3v) is 7.32. The van der Waals surface area contributed by atoms with Crippen LogP contribution in [0.2, 0.25) is 0 Å². The summed E-state index contributed by atoms with van der Waals surface area (Å²) in [5.41, 5.74) is 4.88. The van der Waals surface area contributed by atoms with E-state index in [0.717, 1.165) is 36.1 Å². The molecule has 0 radical (unpaired) electrons. The van der Waals surface area contributed by atoms with Crippen molar-refractivity contribution in [2.45, 2.75) is 30.8 Å². The van der Waals surface area contributed by atoms with Crippen molar-refractivity contribution >= 4 is 22.8 Å². The molecule has 12 nitrogen and oxygen atoms in total. The van der Waals surface area contributed by atoms with Crippen LogP contribution in [0.15, 0.2) is 41.5 Å². The number of non-ortho nitro benzene ring substituents is 1. The normalized spacial score (nSPS) is 26.3. The molecule has 0 aromatic heterocycles. The van der Waals surface area contributed by atoms with Crippen molar-refractivity contribution in [1.82, 2.24) is 4.90 Å². The van der Waals surface area contributed by atoms with Gasteiger partial charge in [-0.15, -0.1) is 0 Å². The number of methoxy groups -OCH3 is 1. The number of fused-ring (bicyclic) bond motifs is 2. The van der Waals surface area contributed by atoms with Crippen molar-refractivity contribution in [3.8, 4) is 17.2 Å². The van der Waals surface area contributed by atoms with Crippen LogP contribution in [0, 0.1) is 20.2 Å². The molecule has 1 aliphatic carbocycles. The van der Waals surface area contributed by atoms with Crippen LogP contribution < -0.4 is 19.6 Å². The quantitative estimate of drug-likeness (QED) is 0.504. The van der Waals surface area contributed by atoms with E-state index in [9.17, 15) is 20.2 Å². The van der Waals surface area contributed by atoms with Gasteiger partial charge >= 0.3 is 5.69 Å². The molecule has 12 heteroatoms. The van der Waals surface area contributed by atoms with E-state index in [1.165, 1.54) is 17.7 Å². The summed E-state index contributed by atoms with van der Waals surface area (Å²) in [7, 11) is 1.64. The molecule has 1 N–H and O–H groups in total. The maximum absolute atomic E-state index is 11.4. The molecule has 35 heavy (non-hydrogen) atoms. The maximum atomic E-state index is 11.4. The molecule has 6 rings (SSSR count). The molecule has 2 bridgehead atoms. The number of rotatable bonds is 5. The van der Waals surface area contributed by atoms with E-state index in [1.54, 1.807) is 7.11 Å². The number of allylic oxidation sites excluding steroid dienone is 1. The SMILES string of the molecule is COc1c2c(cc3c1OCO3)[C@]13C=C/C(=N\Nc4ccc([N+](=O)[O-])cc4[N+](=O)[O-])C[C@H]1N(CC3)C2. The van der Waals surface area contributed by atoms with E-state index in [2.05, 4.69) is 27.6 Å². The van der Waals surface area contributed by atoms with Crippen LogP contribution in [-0.4, -0.2) is 46.9 Å². The number of hydrogen-bond donors (Lipinski definition) is 1. The Labute approximate surface area is 199 Å².